The van der Waals surface area contributed by atoms with Crippen molar-refractivity contribution in [2.45, 2.75) is 19.8 Å². The summed E-state index contributed by atoms with van der Waals surface area (Å²) in [5, 5.41) is 6.47. The van der Waals surface area contributed by atoms with Crippen LogP contribution in [0.3, 0.4) is 0 Å². The summed E-state index contributed by atoms with van der Waals surface area (Å²) in [7, 11) is 0. The molecule has 0 aliphatic heterocycles. The highest BCUT2D eigenvalue weighted by atomic mass is 32.1. The van der Waals surface area contributed by atoms with Gasteiger partial charge in [-0.2, -0.15) is 0 Å². The van der Waals surface area contributed by atoms with Crippen LogP contribution in [0.4, 0.5) is 0 Å². The summed E-state index contributed by atoms with van der Waals surface area (Å²) < 4.78 is 2.51. The molecule has 0 aliphatic rings. The van der Waals surface area contributed by atoms with Gasteiger partial charge in [-0.25, -0.2) is 4.79 Å². The van der Waals surface area contributed by atoms with Crippen LogP contribution in [-0.4, -0.2) is 11.7 Å². The number of fused-ring (bicyclic) bond motifs is 3. The van der Waals surface area contributed by atoms with E-state index in [0.29, 0.717) is 6.42 Å². The number of carbonyl (C=O) groups is 1. The molecular formula is C19H17NO2S. The molecule has 116 valence electrons. The van der Waals surface area contributed by atoms with Crippen molar-refractivity contribution in [1.29, 1.82) is 0 Å². The Kier molecular flexibility index (Phi) is 4.53. The maximum Gasteiger partial charge on any atom is 0.331 e. The largest absolute Gasteiger partial charge is 0.331 e. The van der Waals surface area contributed by atoms with Crippen molar-refractivity contribution in [3.05, 3.63) is 60.7 Å². The lowest BCUT2D eigenvalue weighted by Crippen LogP contribution is -2.03. The Bertz CT molecular complexity index is 908. The highest BCUT2D eigenvalue weighted by Crippen LogP contribution is 2.34. The fourth-order valence-corrected chi connectivity index (χ4v) is 3.59. The Morgan fingerprint density at radius 3 is 2.78 bits per heavy atom. The minimum absolute atomic E-state index is 0.414. The van der Waals surface area contributed by atoms with Crippen LogP contribution in [0, 0.1) is 0 Å². The quantitative estimate of drug-likeness (QED) is 0.277. The molecule has 0 atom stereocenters. The lowest BCUT2D eigenvalue weighted by Gasteiger charge is -2.05. The number of allylic oxidation sites excluding steroid dienone is 1. The van der Waals surface area contributed by atoms with Crippen LogP contribution in [0.25, 0.3) is 20.2 Å². The predicted octanol–water partition coefficient (Wildman–Crippen LogP) is 5.29. The highest BCUT2D eigenvalue weighted by molar-refractivity contribution is 7.25. The molecule has 0 unspecified atom stereocenters. The third-order valence-electron chi connectivity index (χ3n) is 3.58. The first kappa shape index (κ1) is 15.4. The van der Waals surface area contributed by atoms with Crippen molar-refractivity contribution in [2.24, 2.45) is 5.16 Å². The van der Waals surface area contributed by atoms with Gasteiger partial charge in [0.25, 0.3) is 0 Å². The van der Waals surface area contributed by atoms with Crippen LogP contribution in [0.2, 0.25) is 0 Å². The number of benzene rings is 2. The summed E-state index contributed by atoms with van der Waals surface area (Å²) in [5.74, 6) is -0.414. The molecule has 4 heteroatoms. The summed E-state index contributed by atoms with van der Waals surface area (Å²) in [6, 6.07) is 14.6. The van der Waals surface area contributed by atoms with Crippen LogP contribution in [0.5, 0.6) is 0 Å². The topological polar surface area (TPSA) is 38.7 Å². The molecule has 1 heterocycles. The minimum Gasteiger partial charge on any atom is -0.318 e. The number of nitrogens with zero attached hydrogens (tertiary/aromatic N) is 1. The monoisotopic (exact) mass is 323 g/mol. The van der Waals surface area contributed by atoms with Gasteiger partial charge in [0.15, 0.2) is 0 Å². The van der Waals surface area contributed by atoms with Crippen LogP contribution in [-0.2, 0) is 9.63 Å². The SMILES string of the molecule is C=CCCC(=NOC(C)=O)c1ccc2sc3ccccc3c2c1. The first-order valence-corrected chi connectivity index (χ1v) is 8.27. The molecule has 0 saturated heterocycles. The molecule has 0 N–H and O–H groups in total. The highest BCUT2D eigenvalue weighted by Gasteiger charge is 2.10. The van der Waals surface area contributed by atoms with E-state index in [0.717, 1.165) is 17.7 Å². The van der Waals surface area contributed by atoms with Crippen LogP contribution >= 0.6 is 11.3 Å². The van der Waals surface area contributed by atoms with Crippen molar-refractivity contribution >= 4 is 43.2 Å². The molecule has 0 aliphatic carbocycles. The van der Waals surface area contributed by atoms with Crippen LogP contribution < -0.4 is 0 Å². The van der Waals surface area contributed by atoms with E-state index in [2.05, 4.69) is 42.1 Å². The van der Waals surface area contributed by atoms with Gasteiger partial charge >= 0.3 is 5.97 Å². The van der Waals surface area contributed by atoms with Crippen molar-refractivity contribution in [1.82, 2.24) is 0 Å². The number of rotatable bonds is 5. The molecule has 0 fully saturated rings. The smallest absolute Gasteiger partial charge is 0.318 e. The first-order valence-electron chi connectivity index (χ1n) is 7.46. The van der Waals surface area contributed by atoms with Gasteiger partial charge in [0.2, 0.25) is 0 Å². The molecule has 3 aromatic rings. The van der Waals surface area contributed by atoms with Crippen molar-refractivity contribution in [2.75, 3.05) is 0 Å². The van der Waals surface area contributed by atoms with Crippen molar-refractivity contribution < 1.29 is 9.63 Å². The zero-order chi connectivity index (χ0) is 16.2. The van der Waals surface area contributed by atoms with E-state index >= 15 is 0 Å². The Morgan fingerprint density at radius 1 is 1.22 bits per heavy atom. The number of hydrogen-bond acceptors (Lipinski definition) is 4. The van der Waals surface area contributed by atoms with E-state index in [9.17, 15) is 4.79 Å². The van der Waals surface area contributed by atoms with E-state index in [-0.39, 0.29) is 0 Å². The standard InChI is InChI=1S/C19H17NO2S/c1-3-4-8-17(20-22-13(2)21)14-10-11-19-16(12-14)15-7-5-6-9-18(15)23-19/h3,5-7,9-12H,1,4,8H2,2H3. The summed E-state index contributed by atoms with van der Waals surface area (Å²) in [6.45, 7) is 5.09. The van der Waals surface area contributed by atoms with Gasteiger partial charge in [-0.15, -0.1) is 17.9 Å². The van der Waals surface area contributed by atoms with E-state index in [4.69, 9.17) is 4.84 Å². The van der Waals surface area contributed by atoms with Gasteiger partial charge in [0.05, 0.1) is 5.71 Å². The third kappa shape index (κ3) is 3.32. The molecule has 2 aromatic carbocycles. The maximum atomic E-state index is 11.1. The molecule has 1 aromatic heterocycles. The van der Waals surface area contributed by atoms with Crippen molar-refractivity contribution in [3.63, 3.8) is 0 Å². The maximum absolute atomic E-state index is 11.1. The fraction of sp³-hybridized carbons (Fsp3) is 0.158. The lowest BCUT2D eigenvalue weighted by atomic mass is 10.0. The molecule has 0 spiro atoms. The molecule has 3 rings (SSSR count). The van der Waals surface area contributed by atoms with E-state index in [1.807, 2.05) is 18.2 Å². The van der Waals surface area contributed by atoms with E-state index in [1.54, 1.807) is 11.3 Å². The van der Waals surface area contributed by atoms with E-state index in [1.165, 1.54) is 27.1 Å². The third-order valence-corrected chi connectivity index (χ3v) is 4.73. The number of thiophene rings is 1. The summed E-state index contributed by atoms with van der Waals surface area (Å²) in [4.78, 5) is 15.9. The molecule has 0 saturated carbocycles. The van der Waals surface area contributed by atoms with Gasteiger partial charge in [-0.1, -0.05) is 35.5 Å². The number of carbonyl (C=O) groups excluding carboxylic acids is 1. The van der Waals surface area contributed by atoms with Gasteiger partial charge in [-0.3, -0.25) is 0 Å². The van der Waals surface area contributed by atoms with Crippen LogP contribution in [0.15, 0.2) is 60.3 Å². The molecule has 3 nitrogen and oxygen atoms in total. The fourth-order valence-electron chi connectivity index (χ4n) is 2.51. The summed E-state index contributed by atoms with van der Waals surface area (Å²) in [5.41, 5.74) is 1.74. The van der Waals surface area contributed by atoms with Gasteiger partial charge in [0, 0.05) is 32.7 Å². The molecule has 0 bridgehead atoms. The van der Waals surface area contributed by atoms with Gasteiger partial charge < -0.3 is 4.84 Å². The Labute approximate surface area is 138 Å². The lowest BCUT2D eigenvalue weighted by molar-refractivity contribution is -0.140. The second-order valence-electron chi connectivity index (χ2n) is 5.26. The second kappa shape index (κ2) is 6.75. The van der Waals surface area contributed by atoms with E-state index < -0.39 is 5.97 Å². The average Bonchev–Trinajstić information content (AvgIpc) is 2.92. The van der Waals surface area contributed by atoms with Crippen LogP contribution in [0.1, 0.15) is 25.3 Å². The molecule has 0 amide bonds. The predicted molar refractivity (Wildman–Crippen MR) is 97.1 cm³/mol. The summed E-state index contributed by atoms with van der Waals surface area (Å²) in [6.07, 6.45) is 3.30. The minimum atomic E-state index is -0.414. The molecule has 0 radical (unpaired) electrons. The number of oxime groups is 1. The second-order valence-corrected chi connectivity index (χ2v) is 6.34. The Balaban J connectivity index is 2.08. The zero-order valence-corrected chi connectivity index (χ0v) is 13.7. The molecular weight excluding hydrogens is 306 g/mol. The van der Waals surface area contributed by atoms with Gasteiger partial charge in [-0.05, 0) is 31.0 Å². The zero-order valence-electron chi connectivity index (χ0n) is 12.9. The number of hydrogen-bond donors (Lipinski definition) is 0. The first-order chi connectivity index (χ1) is 11.2. The van der Waals surface area contributed by atoms with Crippen molar-refractivity contribution in [3.8, 4) is 0 Å². The van der Waals surface area contributed by atoms with Gasteiger partial charge in [0.1, 0.15) is 0 Å². The molecule has 23 heavy (non-hydrogen) atoms. The summed E-state index contributed by atoms with van der Waals surface area (Å²) >= 11 is 1.78. The Morgan fingerprint density at radius 2 is 2.00 bits per heavy atom. The average molecular weight is 323 g/mol. The Hall–Kier alpha value is -2.46. The normalized spacial score (nSPS) is 11.8.